The van der Waals surface area contributed by atoms with Crippen LogP contribution < -0.4 is 5.73 Å². The molecule has 0 saturated heterocycles. The summed E-state index contributed by atoms with van der Waals surface area (Å²) in [7, 11) is 0. The predicted molar refractivity (Wildman–Crippen MR) is 32.0 cm³/mol. The van der Waals surface area contributed by atoms with Crippen LogP contribution in [-0.4, -0.2) is 5.72 Å². The normalized spacial score (nSPS) is 34.8. The average Bonchev–Trinajstić information content (AvgIpc) is 1.65. The molecule has 1 rings (SSSR count). The summed E-state index contributed by atoms with van der Waals surface area (Å²) in [5.41, 5.74) is 4.93. The van der Waals surface area contributed by atoms with E-state index in [2.05, 4.69) is 0 Å². The molecule has 1 aliphatic rings. The summed E-state index contributed by atoms with van der Waals surface area (Å²) in [6, 6.07) is 0. The summed E-state index contributed by atoms with van der Waals surface area (Å²) < 4.78 is 4.98. The van der Waals surface area contributed by atoms with E-state index in [9.17, 15) is 0 Å². The zero-order valence-corrected chi connectivity index (χ0v) is 4.79. The molecule has 0 spiro atoms. The van der Waals surface area contributed by atoms with Crippen molar-refractivity contribution in [3.8, 4) is 0 Å². The van der Waals surface area contributed by atoms with Gasteiger partial charge >= 0.3 is 0 Å². The lowest BCUT2D eigenvalue weighted by Crippen LogP contribution is -2.35. The molecule has 0 amide bonds. The Hall–Kier alpha value is -0.760. The van der Waals surface area contributed by atoms with Crippen molar-refractivity contribution < 1.29 is 4.74 Å². The number of ether oxygens (including phenoxy) is 1. The lowest BCUT2D eigenvalue weighted by Gasteiger charge is -2.21. The van der Waals surface area contributed by atoms with Crippen molar-refractivity contribution in [1.29, 1.82) is 0 Å². The van der Waals surface area contributed by atoms with Crippen LogP contribution in [0.25, 0.3) is 0 Å². The molecule has 0 saturated carbocycles. The van der Waals surface area contributed by atoms with Gasteiger partial charge in [0.15, 0.2) is 5.72 Å². The van der Waals surface area contributed by atoms with Crippen LogP contribution in [0, 0.1) is 0 Å². The third-order valence-corrected chi connectivity index (χ3v) is 0.939. The van der Waals surface area contributed by atoms with Gasteiger partial charge in [-0.1, -0.05) is 6.08 Å². The van der Waals surface area contributed by atoms with Crippen LogP contribution in [0.4, 0.5) is 0 Å². The topological polar surface area (TPSA) is 35.2 Å². The molecule has 1 unspecified atom stereocenters. The van der Waals surface area contributed by atoms with Crippen molar-refractivity contribution in [3.05, 3.63) is 24.5 Å². The Bertz CT molecular complexity index is 135. The van der Waals surface area contributed by atoms with Gasteiger partial charge in [0.2, 0.25) is 0 Å². The van der Waals surface area contributed by atoms with E-state index >= 15 is 0 Å². The molecule has 0 radical (unpaired) electrons. The molecular weight excluding hydrogens is 102 g/mol. The summed E-state index contributed by atoms with van der Waals surface area (Å²) in [4.78, 5) is 0. The van der Waals surface area contributed by atoms with Crippen LogP contribution in [0.2, 0.25) is 0 Å². The number of hydrogen-bond acceptors (Lipinski definition) is 2. The Balaban J connectivity index is 2.65. The highest BCUT2D eigenvalue weighted by molar-refractivity contribution is 5.10. The van der Waals surface area contributed by atoms with Gasteiger partial charge in [0.25, 0.3) is 0 Å². The van der Waals surface area contributed by atoms with E-state index in [1.807, 2.05) is 6.08 Å². The summed E-state index contributed by atoms with van der Waals surface area (Å²) in [6.45, 7) is 1.80. The highest BCUT2D eigenvalue weighted by Gasteiger charge is 2.13. The van der Waals surface area contributed by atoms with Crippen LogP contribution in [-0.2, 0) is 4.74 Å². The van der Waals surface area contributed by atoms with Crippen molar-refractivity contribution in [1.82, 2.24) is 0 Å². The van der Waals surface area contributed by atoms with Gasteiger partial charge in [-0.05, 0) is 19.1 Å². The van der Waals surface area contributed by atoms with Crippen molar-refractivity contribution in [2.75, 3.05) is 0 Å². The van der Waals surface area contributed by atoms with Crippen molar-refractivity contribution >= 4 is 0 Å². The molecule has 2 nitrogen and oxygen atoms in total. The van der Waals surface area contributed by atoms with Gasteiger partial charge in [0.05, 0.1) is 6.26 Å². The number of nitrogens with two attached hydrogens (primary N) is 1. The number of rotatable bonds is 0. The molecule has 0 aromatic heterocycles. The first-order valence-corrected chi connectivity index (χ1v) is 2.52. The molecule has 44 valence electrons. The van der Waals surface area contributed by atoms with E-state index in [0.29, 0.717) is 0 Å². The Morgan fingerprint density at radius 3 is 2.50 bits per heavy atom. The molecule has 0 aromatic carbocycles. The maximum Gasteiger partial charge on any atom is 0.174 e. The summed E-state index contributed by atoms with van der Waals surface area (Å²) in [5.74, 6) is 0. The van der Waals surface area contributed by atoms with Crippen LogP contribution in [0.5, 0.6) is 0 Å². The van der Waals surface area contributed by atoms with E-state index in [1.54, 1.807) is 25.3 Å². The summed E-state index contributed by atoms with van der Waals surface area (Å²) in [5, 5.41) is 0. The molecule has 0 aliphatic carbocycles. The quantitative estimate of drug-likeness (QED) is 0.501. The average molecular weight is 111 g/mol. The summed E-state index contributed by atoms with van der Waals surface area (Å²) >= 11 is 0. The number of hydrogen-bond donors (Lipinski definition) is 1. The van der Waals surface area contributed by atoms with E-state index in [4.69, 9.17) is 10.5 Å². The Morgan fingerprint density at radius 2 is 2.25 bits per heavy atom. The fourth-order valence-corrected chi connectivity index (χ4v) is 0.517. The largest absolute Gasteiger partial charge is 0.477 e. The van der Waals surface area contributed by atoms with E-state index in [-0.39, 0.29) is 0 Å². The Kier molecular flexibility index (Phi) is 1.10. The molecule has 0 bridgehead atoms. The van der Waals surface area contributed by atoms with Gasteiger partial charge in [-0.15, -0.1) is 0 Å². The maximum absolute atomic E-state index is 5.52. The van der Waals surface area contributed by atoms with Crippen molar-refractivity contribution in [2.24, 2.45) is 5.73 Å². The molecule has 1 heterocycles. The zero-order valence-electron chi connectivity index (χ0n) is 4.79. The Labute approximate surface area is 48.6 Å². The highest BCUT2D eigenvalue weighted by Crippen LogP contribution is 2.07. The van der Waals surface area contributed by atoms with Gasteiger partial charge in [0, 0.05) is 0 Å². The molecule has 2 heteroatoms. The third-order valence-electron chi connectivity index (χ3n) is 0.939. The second kappa shape index (κ2) is 1.63. The van der Waals surface area contributed by atoms with Gasteiger partial charge in [0.1, 0.15) is 0 Å². The SMILES string of the molecule is CC1(N)C=CC=CO1. The van der Waals surface area contributed by atoms with E-state index in [1.165, 1.54) is 0 Å². The minimum atomic E-state index is -0.589. The lowest BCUT2D eigenvalue weighted by molar-refractivity contribution is 0.0897. The molecule has 1 atom stereocenters. The van der Waals surface area contributed by atoms with Crippen LogP contribution in [0.1, 0.15) is 6.92 Å². The first-order valence-electron chi connectivity index (χ1n) is 2.52. The van der Waals surface area contributed by atoms with Crippen molar-refractivity contribution in [2.45, 2.75) is 12.6 Å². The highest BCUT2D eigenvalue weighted by atomic mass is 16.5. The standard InChI is InChI=1S/C6H9NO/c1-6(7)4-2-3-5-8-6/h2-5H,7H2,1H3. The fourth-order valence-electron chi connectivity index (χ4n) is 0.517. The van der Waals surface area contributed by atoms with Crippen LogP contribution in [0.3, 0.4) is 0 Å². The second-order valence-corrected chi connectivity index (χ2v) is 1.99. The summed E-state index contributed by atoms with van der Waals surface area (Å²) in [6.07, 6.45) is 7.05. The first-order chi connectivity index (χ1) is 3.71. The predicted octanol–water partition coefficient (Wildman–Crippen LogP) is 0.761. The van der Waals surface area contributed by atoms with Gasteiger partial charge < -0.3 is 4.74 Å². The smallest absolute Gasteiger partial charge is 0.174 e. The van der Waals surface area contributed by atoms with Crippen LogP contribution >= 0.6 is 0 Å². The fraction of sp³-hybridized carbons (Fsp3) is 0.333. The molecule has 1 aliphatic heterocycles. The van der Waals surface area contributed by atoms with Gasteiger partial charge in [-0.25, -0.2) is 0 Å². The molecular formula is C6H9NO. The van der Waals surface area contributed by atoms with Gasteiger partial charge in [-0.3, -0.25) is 5.73 Å². The molecule has 8 heavy (non-hydrogen) atoms. The lowest BCUT2D eigenvalue weighted by atomic mass is 10.2. The monoisotopic (exact) mass is 111 g/mol. The van der Waals surface area contributed by atoms with Crippen LogP contribution in [0.15, 0.2) is 24.5 Å². The second-order valence-electron chi connectivity index (χ2n) is 1.99. The molecule has 2 N–H and O–H groups in total. The van der Waals surface area contributed by atoms with E-state index < -0.39 is 5.72 Å². The van der Waals surface area contributed by atoms with Gasteiger partial charge in [-0.2, -0.15) is 0 Å². The maximum atomic E-state index is 5.52. The minimum absolute atomic E-state index is 0.589. The number of allylic oxidation sites excluding steroid dienone is 2. The first kappa shape index (κ1) is 5.38. The molecule has 0 fully saturated rings. The Morgan fingerprint density at radius 1 is 1.50 bits per heavy atom. The zero-order chi connectivity index (χ0) is 6.04. The van der Waals surface area contributed by atoms with E-state index in [0.717, 1.165) is 0 Å². The third kappa shape index (κ3) is 1.10. The van der Waals surface area contributed by atoms with Crippen molar-refractivity contribution in [3.63, 3.8) is 0 Å². The molecule has 0 aromatic rings. The minimum Gasteiger partial charge on any atom is -0.477 e.